The lowest BCUT2D eigenvalue weighted by Gasteiger charge is -2.22. The average Bonchev–Trinajstić information content (AvgIpc) is 3.19. The third-order valence-corrected chi connectivity index (χ3v) is 5.11. The quantitative estimate of drug-likeness (QED) is 0.820. The molecule has 0 spiro atoms. The summed E-state index contributed by atoms with van der Waals surface area (Å²) in [5, 5.41) is 0.592. The van der Waals surface area contributed by atoms with Crippen molar-refractivity contribution < 1.29 is 18.7 Å². The van der Waals surface area contributed by atoms with E-state index in [-0.39, 0.29) is 12.7 Å². The molecule has 0 bridgehead atoms. The summed E-state index contributed by atoms with van der Waals surface area (Å²) in [5.74, 6) is 3.31. The lowest BCUT2D eigenvalue weighted by molar-refractivity contribution is -0.130. The molecule has 2 aliphatic rings. The minimum Gasteiger partial charge on any atom is -0.465 e. The molecule has 0 aliphatic carbocycles. The van der Waals surface area contributed by atoms with Gasteiger partial charge in [-0.25, -0.2) is 0 Å². The second kappa shape index (κ2) is 7.21. The minimum absolute atomic E-state index is 0.136. The van der Waals surface area contributed by atoms with Gasteiger partial charge in [0.2, 0.25) is 12.7 Å². The second-order valence-electron chi connectivity index (χ2n) is 6.65. The average molecular weight is 377 g/mol. The van der Waals surface area contributed by atoms with Gasteiger partial charge in [0, 0.05) is 43.7 Å². The smallest absolute Gasteiger partial charge is 0.231 e. The summed E-state index contributed by atoms with van der Waals surface area (Å²) in [4.78, 5) is 16.6. The van der Waals surface area contributed by atoms with Gasteiger partial charge in [-0.15, -0.1) is 0 Å². The zero-order chi connectivity index (χ0) is 18.1. The number of amides is 1. The normalized spacial score (nSPS) is 17.6. The summed E-state index contributed by atoms with van der Waals surface area (Å²) in [6, 6.07) is 7.58. The van der Waals surface area contributed by atoms with E-state index in [1.165, 1.54) is 0 Å². The molecule has 0 radical (unpaired) electrons. The SMILES string of the molecule is Cc1ccc(CN2CCC(=O)N(Cc3cc4c(cc3Cl)OCO4)CC2)o1. The number of rotatable bonds is 4. The molecule has 0 atom stereocenters. The fraction of sp³-hybridized carbons (Fsp3) is 0.421. The summed E-state index contributed by atoms with van der Waals surface area (Å²) in [5.41, 5.74) is 0.874. The van der Waals surface area contributed by atoms with E-state index in [2.05, 4.69) is 4.90 Å². The lowest BCUT2D eigenvalue weighted by atomic mass is 10.1. The molecule has 0 unspecified atom stereocenters. The van der Waals surface area contributed by atoms with Crippen LogP contribution in [0.15, 0.2) is 28.7 Å². The van der Waals surface area contributed by atoms with Crippen molar-refractivity contribution in [2.75, 3.05) is 26.4 Å². The maximum atomic E-state index is 12.5. The van der Waals surface area contributed by atoms with Crippen LogP contribution in [0.3, 0.4) is 0 Å². The van der Waals surface area contributed by atoms with E-state index >= 15 is 0 Å². The highest BCUT2D eigenvalue weighted by Gasteiger charge is 2.24. The van der Waals surface area contributed by atoms with Crippen molar-refractivity contribution in [2.24, 2.45) is 0 Å². The molecule has 1 fully saturated rings. The molecule has 1 aromatic carbocycles. The van der Waals surface area contributed by atoms with Crippen LogP contribution in [0.2, 0.25) is 5.02 Å². The van der Waals surface area contributed by atoms with Crippen molar-refractivity contribution >= 4 is 17.5 Å². The van der Waals surface area contributed by atoms with Crippen LogP contribution < -0.4 is 9.47 Å². The summed E-state index contributed by atoms with van der Waals surface area (Å²) >= 11 is 6.36. The fourth-order valence-electron chi connectivity index (χ4n) is 3.31. The van der Waals surface area contributed by atoms with E-state index < -0.39 is 0 Å². The summed E-state index contributed by atoms with van der Waals surface area (Å²) in [6.07, 6.45) is 0.488. The van der Waals surface area contributed by atoms with Gasteiger partial charge in [-0.05, 0) is 30.7 Å². The first-order chi connectivity index (χ1) is 12.6. The summed E-state index contributed by atoms with van der Waals surface area (Å²) in [7, 11) is 0. The highest BCUT2D eigenvalue weighted by atomic mass is 35.5. The van der Waals surface area contributed by atoms with Gasteiger partial charge in [0.25, 0.3) is 0 Å². The first kappa shape index (κ1) is 17.2. The fourth-order valence-corrected chi connectivity index (χ4v) is 3.53. The van der Waals surface area contributed by atoms with Crippen LogP contribution in [-0.4, -0.2) is 42.1 Å². The van der Waals surface area contributed by atoms with Crippen molar-refractivity contribution in [3.05, 3.63) is 46.4 Å². The highest BCUT2D eigenvalue weighted by molar-refractivity contribution is 6.31. The number of aryl methyl sites for hydroxylation is 1. The molecule has 6 nitrogen and oxygen atoms in total. The number of furan rings is 1. The number of carbonyl (C=O) groups excluding carboxylic acids is 1. The van der Waals surface area contributed by atoms with E-state index in [1.54, 1.807) is 6.07 Å². The van der Waals surface area contributed by atoms with Crippen LogP contribution in [0.5, 0.6) is 11.5 Å². The first-order valence-electron chi connectivity index (χ1n) is 8.72. The monoisotopic (exact) mass is 376 g/mol. The predicted octanol–water partition coefficient (Wildman–Crippen LogP) is 3.20. The molecule has 2 aliphatic heterocycles. The zero-order valence-corrected chi connectivity index (χ0v) is 15.4. The van der Waals surface area contributed by atoms with Crippen LogP contribution in [0, 0.1) is 6.92 Å². The maximum absolute atomic E-state index is 12.5. The Bertz CT molecular complexity index is 820. The van der Waals surface area contributed by atoms with Gasteiger partial charge in [0.1, 0.15) is 11.5 Å². The molecule has 3 heterocycles. The predicted molar refractivity (Wildman–Crippen MR) is 96.3 cm³/mol. The van der Waals surface area contributed by atoms with E-state index in [0.717, 1.165) is 36.7 Å². The lowest BCUT2D eigenvalue weighted by Crippen LogP contribution is -2.32. The zero-order valence-electron chi connectivity index (χ0n) is 14.7. The number of halogens is 1. The van der Waals surface area contributed by atoms with E-state index in [0.29, 0.717) is 36.0 Å². The highest BCUT2D eigenvalue weighted by Crippen LogP contribution is 2.37. The Morgan fingerprint density at radius 3 is 2.65 bits per heavy atom. The van der Waals surface area contributed by atoms with Gasteiger partial charge in [0.05, 0.1) is 6.54 Å². The van der Waals surface area contributed by atoms with Crippen molar-refractivity contribution in [2.45, 2.75) is 26.4 Å². The Morgan fingerprint density at radius 2 is 1.88 bits per heavy atom. The molecule has 0 saturated carbocycles. The Balaban J connectivity index is 1.42. The van der Waals surface area contributed by atoms with Crippen LogP contribution in [0.25, 0.3) is 0 Å². The molecule has 1 saturated heterocycles. The van der Waals surface area contributed by atoms with Crippen LogP contribution in [0.1, 0.15) is 23.5 Å². The molecule has 4 rings (SSSR count). The third kappa shape index (κ3) is 3.66. The van der Waals surface area contributed by atoms with Crippen LogP contribution >= 0.6 is 11.6 Å². The number of ether oxygens (including phenoxy) is 2. The van der Waals surface area contributed by atoms with Crippen LogP contribution in [0.4, 0.5) is 0 Å². The number of benzene rings is 1. The number of nitrogens with zero attached hydrogens (tertiary/aromatic N) is 2. The molecule has 7 heteroatoms. The number of fused-ring (bicyclic) bond motifs is 1. The topological polar surface area (TPSA) is 55.2 Å². The van der Waals surface area contributed by atoms with Gasteiger partial charge in [-0.2, -0.15) is 0 Å². The number of hydrogen-bond acceptors (Lipinski definition) is 5. The van der Waals surface area contributed by atoms with E-state index in [1.807, 2.05) is 30.0 Å². The third-order valence-electron chi connectivity index (χ3n) is 4.76. The molecule has 26 heavy (non-hydrogen) atoms. The van der Waals surface area contributed by atoms with Gasteiger partial charge in [-0.3, -0.25) is 9.69 Å². The van der Waals surface area contributed by atoms with Crippen molar-refractivity contribution in [3.8, 4) is 11.5 Å². The van der Waals surface area contributed by atoms with E-state index in [9.17, 15) is 4.79 Å². The molecule has 1 amide bonds. The van der Waals surface area contributed by atoms with Crippen molar-refractivity contribution in [3.63, 3.8) is 0 Å². The molecular formula is C19H21ClN2O4. The maximum Gasteiger partial charge on any atom is 0.231 e. The van der Waals surface area contributed by atoms with Gasteiger partial charge < -0.3 is 18.8 Å². The van der Waals surface area contributed by atoms with Crippen molar-refractivity contribution in [1.82, 2.24) is 9.80 Å². The number of carbonyl (C=O) groups is 1. The standard InChI is InChI=1S/C19H21ClN2O4/c1-13-2-3-15(26-13)11-21-5-4-19(23)22(7-6-21)10-14-8-17-18(9-16(14)20)25-12-24-17/h2-3,8-9H,4-7,10-12H2,1H3. The molecule has 2 aromatic rings. The Labute approximate surface area is 157 Å². The molecular weight excluding hydrogens is 356 g/mol. The van der Waals surface area contributed by atoms with Crippen molar-refractivity contribution in [1.29, 1.82) is 0 Å². The van der Waals surface area contributed by atoms with Crippen LogP contribution in [-0.2, 0) is 17.9 Å². The Kier molecular flexibility index (Phi) is 4.78. The molecule has 138 valence electrons. The first-order valence-corrected chi connectivity index (χ1v) is 9.10. The summed E-state index contributed by atoms with van der Waals surface area (Å²) in [6.45, 7) is 5.52. The van der Waals surface area contributed by atoms with Gasteiger partial charge in [-0.1, -0.05) is 11.6 Å². The largest absolute Gasteiger partial charge is 0.465 e. The van der Waals surface area contributed by atoms with Gasteiger partial charge >= 0.3 is 0 Å². The number of hydrogen-bond donors (Lipinski definition) is 0. The molecule has 0 N–H and O–H groups in total. The summed E-state index contributed by atoms with van der Waals surface area (Å²) < 4.78 is 16.4. The Morgan fingerprint density at radius 1 is 1.08 bits per heavy atom. The van der Waals surface area contributed by atoms with E-state index in [4.69, 9.17) is 25.5 Å². The van der Waals surface area contributed by atoms with Gasteiger partial charge in [0.15, 0.2) is 11.5 Å². The Hall–Kier alpha value is -2.18. The molecule has 1 aromatic heterocycles. The minimum atomic E-state index is 0.136. The second-order valence-corrected chi connectivity index (χ2v) is 7.06.